The van der Waals surface area contributed by atoms with Gasteiger partial charge < -0.3 is 19.9 Å². The maximum absolute atomic E-state index is 11.7. The fourth-order valence-corrected chi connectivity index (χ4v) is 1.73. The first kappa shape index (κ1) is 15.7. The monoisotopic (exact) mass is 278 g/mol. The van der Waals surface area contributed by atoms with Gasteiger partial charge in [0.2, 0.25) is 0 Å². The van der Waals surface area contributed by atoms with E-state index in [0.717, 1.165) is 6.21 Å². The number of esters is 1. The number of hydrogen-bond donors (Lipinski definition) is 2. The molecule has 0 spiro atoms. The van der Waals surface area contributed by atoms with E-state index in [4.69, 9.17) is 14.6 Å². The fraction of sp³-hybridized carbons (Fsp3) is 0.357. The molecular weight excluding hydrogens is 260 g/mol. The van der Waals surface area contributed by atoms with Gasteiger partial charge in [-0.15, -0.1) is 0 Å². The van der Waals surface area contributed by atoms with E-state index in [2.05, 4.69) is 5.32 Å². The quantitative estimate of drug-likeness (QED) is 0.613. The topological polar surface area (TPSA) is 92.4 Å². The number of carbonyl (C=O) groups excluding carboxylic acids is 1. The number of allylic oxidation sites excluding steroid dienone is 1. The molecule has 0 aliphatic carbocycles. The average molecular weight is 278 g/mol. The van der Waals surface area contributed by atoms with Gasteiger partial charge in [0.25, 0.3) is 0 Å². The number of ether oxygens (including phenoxy) is 1. The summed E-state index contributed by atoms with van der Waals surface area (Å²) in [5.74, 6) is -0.00851. The second-order valence-corrected chi connectivity index (χ2v) is 3.95. The van der Waals surface area contributed by atoms with Crippen LogP contribution in [0.4, 0.5) is 5.69 Å². The predicted octanol–water partition coefficient (Wildman–Crippen LogP) is 1.95. The first-order valence-electron chi connectivity index (χ1n) is 6.25. The van der Waals surface area contributed by atoms with Crippen molar-refractivity contribution in [1.82, 2.24) is 0 Å². The highest BCUT2D eigenvalue weighted by atomic mass is 16.5. The van der Waals surface area contributed by atoms with Gasteiger partial charge in [-0.1, -0.05) is 12.2 Å². The molecule has 0 saturated heterocycles. The van der Waals surface area contributed by atoms with Gasteiger partial charge in [-0.2, -0.15) is 0 Å². The van der Waals surface area contributed by atoms with Crippen molar-refractivity contribution < 1.29 is 13.9 Å². The lowest BCUT2D eigenvalue weighted by Gasteiger charge is -2.13. The highest BCUT2D eigenvalue weighted by Crippen LogP contribution is 2.22. The second-order valence-electron chi connectivity index (χ2n) is 3.95. The first-order valence-corrected chi connectivity index (χ1v) is 6.25. The van der Waals surface area contributed by atoms with Gasteiger partial charge in [-0.25, -0.2) is 4.79 Å². The summed E-state index contributed by atoms with van der Waals surface area (Å²) in [6.45, 7) is 5.40. The number of carbonyl (C=O) groups is 1. The van der Waals surface area contributed by atoms with Gasteiger partial charge >= 0.3 is 11.6 Å². The molecule has 1 aromatic heterocycles. The van der Waals surface area contributed by atoms with E-state index < -0.39 is 11.6 Å². The summed E-state index contributed by atoms with van der Waals surface area (Å²) in [5, 5.41) is 10.2. The third kappa shape index (κ3) is 3.57. The van der Waals surface area contributed by atoms with Crippen molar-refractivity contribution in [3.63, 3.8) is 0 Å². The maximum atomic E-state index is 11.7. The largest absolute Gasteiger partial charge is 0.465 e. The molecular formula is C14H18N2O4. The lowest BCUT2D eigenvalue weighted by atomic mass is 10.1. The zero-order chi connectivity index (χ0) is 15.1. The van der Waals surface area contributed by atoms with Crippen LogP contribution in [0.5, 0.6) is 0 Å². The Kier molecular flexibility index (Phi) is 5.71. The summed E-state index contributed by atoms with van der Waals surface area (Å²) in [5.41, 5.74) is 0.500. The molecule has 0 radical (unpaired) electrons. The maximum Gasteiger partial charge on any atom is 0.346 e. The Morgan fingerprint density at radius 1 is 1.45 bits per heavy atom. The molecule has 6 nitrogen and oxygen atoms in total. The van der Waals surface area contributed by atoms with E-state index in [0.29, 0.717) is 17.0 Å². The molecule has 108 valence electrons. The fourth-order valence-electron chi connectivity index (χ4n) is 1.73. The summed E-state index contributed by atoms with van der Waals surface area (Å²) >= 11 is 0. The Bertz CT molecular complexity index is 588. The molecule has 0 atom stereocenters. The molecule has 1 heterocycles. The summed E-state index contributed by atoms with van der Waals surface area (Å²) in [6, 6.07) is 0. The van der Waals surface area contributed by atoms with Crippen LogP contribution in [0.25, 0.3) is 6.08 Å². The van der Waals surface area contributed by atoms with Crippen molar-refractivity contribution in [1.29, 1.82) is 5.41 Å². The van der Waals surface area contributed by atoms with Crippen LogP contribution in [-0.2, 0) is 9.53 Å². The highest BCUT2D eigenvalue weighted by Gasteiger charge is 2.15. The average Bonchev–Trinajstić information content (AvgIpc) is 2.40. The van der Waals surface area contributed by atoms with Gasteiger partial charge in [0.15, 0.2) is 0 Å². The third-order valence-corrected chi connectivity index (χ3v) is 2.58. The van der Waals surface area contributed by atoms with E-state index in [-0.39, 0.29) is 18.7 Å². The van der Waals surface area contributed by atoms with Crippen LogP contribution in [0, 0.1) is 12.3 Å². The standard InChI is InChI=1S/C14H18N2O4/c1-4-6-10-9(3)20-14(18)11(7-15)13(10)16-8-12(17)19-5-2/h4,6-7,15-16H,5,8H2,1-3H3/b6-4-,15-7?. The van der Waals surface area contributed by atoms with Crippen molar-refractivity contribution >= 4 is 23.9 Å². The summed E-state index contributed by atoms with van der Waals surface area (Å²) in [6.07, 6.45) is 4.44. The zero-order valence-corrected chi connectivity index (χ0v) is 11.8. The van der Waals surface area contributed by atoms with Crippen LogP contribution in [0.2, 0.25) is 0 Å². The van der Waals surface area contributed by atoms with Gasteiger partial charge in [0.1, 0.15) is 17.9 Å². The Labute approximate surface area is 117 Å². The second kappa shape index (κ2) is 7.28. The SMILES string of the molecule is C/C=C\c1c(C)oc(=O)c(C=N)c1NCC(=O)OCC. The van der Waals surface area contributed by atoms with Crippen molar-refractivity contribution in [2.24, 2.45) is 0 Å². The molecule has 0 bridgehead atoms. The zero-order valence-electron chi connectivity index (χ0n) is 11.8. The minimum absolute atomic E-state index is 0.0769. The molecule has 0 saturated carbocycles. The summed E-state index contributed by atoms with van der Waals surface area (Å²) in [4.78, 5) is 23.1. The number of rotatable bonds is 6. The first-order chi connectivity index (χ1) is 9.54. The van der Waals surface area contributed by atoms with Crippen molar-refractivity contribution in [2.45, 2.75) is 20.8 Å². The van der Waals surface area contributed by atoms with Crippen LogP contribution in [-0.4, -0.2) is 25.3 Å². The lowest BCUT2D eigenvalue weighted by Crippen LogP contribution is -2.21. The molecule has 1 rings (SSSR count). The van der Waals surface area contributed by atoms with E-state index in [1.807, 2.05) is 6.92 Å². The number of anilines is 1. The Morgan fingerprint density at radius 2 is 2.15 bits per heavy atom. The van der Waals surface area contributed by atoms with E-state index in [9.17, 15) is 9.59 Å². The lowest BCUT2D eigenvalue weighted by molar-refractivity contribution is -0.140. The van der Waals surface area contributed by atoms with Crippen LogP contribution in [0.15, 0.2) is 15.3 Å². The number of nitrogens with one attached hydrogen (secondary N) is 2. The van der Waals surface area contributed by atoms with Crippen molar-refractivity contribution in [2.75, 3.05) is 18.5 Å². The molecule has 0 aliphatic rings. The molecule has 0 unspecified atom stereocenters. The molecule has 0 fully saturated rings. The van der Waals surface area contributed by atoms with Crippen molar-refractivity contribution in [3.8, 4) is 0 Å². The van der Waals surface area contributed by atoms with Crippen LogP contribution < -0.4 is 10.9 Å². The van der Waals surface area contributed by atoms with Gasteiger partial charge in [0.05, 0.1) is 12.3 Å². The van der Waals surface area contributed by atoms with E-state index in [1.54, 1.807) is 26.0 Å². The van der Waals surface area contributed by atoms with Gasteiger partial charge in [-0.05, 0) is 20.8 Å². The van der Waals surface area contributed by atoms with Gasteiger partial charge in [-0.3, -0.25) is 4.79 Å². The molecule has 0 amide bonds. The normalized spacial score (nSPS) is 10.6. The Hall–Kier alpha value is -2.37. The smallest absolute Gasteiger partial charge is 0.346 e. The minimum atomic E-state index is -0.614. The molecule has 20 heavy (non-hydrogen) atoms. The Morgan fingerprint density at radius 3 is 2.70 bits per heavy atom. The predicted molar refractivity (Wildman–Crippen MR) is 77.4 cm³/mol. The molecule has 1 aromatic rings. The molecule has 6 heteroatoms. The van der Waals surface area contributed by atoms with Crippen LogP contribution >= 0.6 is 0 Å². The van der Waals surface area contributed by atoms with Crippen LogP contribution in [0.1, 0.15) is 30.7 Å². The van der Waals surface area contributed by atoms with Crippen LogP contribution in [0.3, 0.4) is 0 Å². The summed E-state index contributed by atoms with van der Waals surface area (Å²) in [7, 11) is 0. The summed E-state index contributed by atoms with van der Waals surface area (Å²) < 4.78 is 9.88. The van der Waals surface area contributed by atoms with E-state index >= 15 is 0 Å². The highest BCUT2D eigenvalue weighted by molar-refractivity contribution is 5.90. The molecule has 0 aliphatic heterocycles. The number of aryl methyl sites for hydroxylation is 1. The van der Waals surface area contributed by atoms with Crippen molar-refractivity contribution in [3.05, 3.63) is 33.4 Å². The van der Waals surface area contributed by atoms with Gasteiger partial charge in [0, 0.05) is 11.8 Å². The molecule has 0 aromatic carbocycles. The molecule has 2 N–H and O–H groups in total. The number of hydrogen-bond acceptors (Lipinski definition) is 6. The minimum Gasteiger partial charge on any atom is -0.465 e. The third-order valence-electron chi connectivity index (χ3n) is 2.58. The van der Waals surface area contributed by atoms with E-state index in [1.165, 1.54) is 0 Å². The Balaban J connectivity index is 3.22.